The Kier molecular flexibility index (Phi) is 7.92. The molecule has 0 bridgehead atoms. The molecule has 0 saturated heterocycles. The number of aromatic amines is 1. The molecule has 4 rings (SSSR count). The van der Waals surface area contributed by atoms with Gasteiger partial charge in [0.05, 0.1) is 6.04 Å². The van der Waals surface area contributed by atoms with Gasteiger partial charge in [-0.05, 0) is 43.0 Å². The van der Waals surface area contributed by atoms with Crippen LogP contribution in [0.3, 0.4) is 0 Å². The minimum absolute atomic E-state index is 0.105. The fourth-order valence-corrected chi connectivity index (χ4v) is 4.17. The molecular weight excluding hydrogens is 454 g/mol. The lowest BCUT2D eigenvalue weighted by molar-refractivity contribution is -0.130. The molecule has 3 aromatic carbocycles. The van der Waals surface area contributed by atoms with Crippen molar-refractivity contribution < 1.29 is 14.7 Å². The number of para-hydroxylation sites is 1. The topological polar surface area (TPSA) is 111 Å². The number of benzene rings is 3. The van der Waals surface area contributed by atoms with Gasteiger partial charge in [0, 0.05) is 23.0 Å². The molecule has 0 aliphatic carbocycles. The fraction of sp³-hybridized carbons (Fsp3) is 0.207. The predicted molar refractivity (Wildman–Crippen MR) is 140 cm³/mol. The highest BCUT2D eigenvalue weighted by Gasteiger charge is 2.29. The van der Waals surface area contributed by atoms with E-state index in [0.717, 1.165) is 11.1 Å². The minimum atomic E-state index is -1.49. The number of H-pyrrole nitrogens is 1. The Morgan fingerprint density at radius 2 is 1.50 bits per heavy atom. The lowest BCUT2D eigenvalue weighted by atomic mass is 9.99. The largest absolute Gasteiger partial charge is 0.381 e. The Labute approximate surface area is 209 Å². The van der Waals surface area contributed by atoms with E-state index in [1.807, 2.05) is 60.7 Å². The van der Waals surface area contributed by atoms with Gasteiger partial charge >= 0.3 is 0 Å². The Morgan fingerprint density at radius 3 is 2.19 bits per heavy atom. The van der Waals surface area contributed by atoms with E-state index >= 15 is 0 Å². The van der Waals surface area contributed by atoms with Crippen molar-refractivity contribution in [1.29, 1.82) is 0 Å². The van der Waals surface area contributed by atoms with E-state index in [-0.39, 0.29) is 23.1 Å². The number of nitrogens with one attached hydrogen (secondary N) is 3. The molecule has 1 heterocycles. The molecule has 1 aromatic heterocycles. The van der Waals surface area contributed by atoms with Crippen LogP contribution in [0.25, 0.3) is 10.9 Å². The summed E-state index contributed by atoms with van der Waals surface area (Å²) in [5.74, 6) is -1.14. The van der Waals surface area contributed by atoms with Gasteiger partial charge in [0.1, 0.15) is 5.69 Å². The molecule has 184 valence electrons. The van der Waals surface area contributed by atoms with Gasteiger partial charge in [-0.3, -0.25) is 14.4 Å². The molecular formula is C29H29N3O4. The first-order valence-electron chi connectivity index (χ1n) is 11.9. The van der Waals surface area contributed by atoms with Crippen LogP contribution >= 0.6 is 0 Å². The zero-order valence-electron chi connectivity index (χ0n) is 20.0. The van der Waals surface area contributed by atoms with Gasteiger partial charge in [0.2, 0.25) is 0 Å². The van der Waals surface area contributed by atoms with Gasteiger partial charge < -0.3 is 20.7 Å². The maximum Gasteiger partial charge on any atom is 0.268 e. The van der Waals surface area contributed by atoms with Crippen LogP contribution in [-0.2, 0) is 17.6 Å². The average Bonchev–Trinajstić information content (AvgIpc) is 2.91. The van der Waals surface area contributed by atoms with Crippen LogP contribution in [0.2, 0.25) is 0 Å². The molecule has 0 saturated carbocycles. The molecule has 2 atom stereocenters. The van der Waals surface area contributed by atoms with Crippen molar-refractivity contribution in [3.8, 4) is 0 Å². The number of hydrogen-bond acceptors (Lipinski definition) is 4. The van der Waals surface area contributed by atoms with Crippen molar-refractivity contribution in [3.63, 3.8) is 0 Å². The van der Waals surface area contributed by atoms with E-state index in [9.17, 15) is 19.5 Å². The summed E-state index contributed by atoms with van der Waals surface area (Å²) in [4.78, 5) is 41.9. The Bertz CT molecular complexity index is 1400. The summed E-state index contributed by atoms with van der Waals surface area (Å²) in [5, 5.41) is 17.0. The number of pyridine rings is 1. The van der Waals surface area contributed by atoms with E-state index in [2.05, 4.69) is 15.6 Å². The average molecular weight is 484 g/mol. The Balaban J connectivity index is 1.52. The normalized spacial score (nSPS) is 12.6. The molecule has 36 heavy (non-hydrogen) atoms. The quantitative estimate of drug-likeness (QED) is 0.293. The highest BCUT2D eigenvalue weighted by atomic mass is 16.3. The zero-order valence-corrected chi connectivity index (χ0v) is 20.0. The van der Waals surface area contributed by atoms with E-state index < -0.39 is 24.0 Å². The van der Waals surface area contributed by atoms with Crippen LogP contribution in [0.1, 0.15) is 27.2 Å². The summed E-state index contributed by atoms with van der Waals surface area (Å²) >= 11 is 0. The van der Waals surface area contributed by atoms with Crippen molar-refractivity contribution in [2.75, 3.05) is 6.54 Å². The second-order valence-corrected chi connectivity index (χ2v) is 8.74. The molecule has 2 amide bonds. The Morgan fingerprint density at radius 1 is 0.889 bits per heavy atom. The third-order valence-corrected chi connectivity index (χ3v) is 6.19. The van der Waals surface area contributed by atoms with Crippen LogP contribution in [0.5, 0.6) is 0 Å². The number of amides is 2. The third kappa shape index (κ3) is 5.87. The minimum Gasteiger partial charge on any atom is -0.381 e. The number of aliphatic hydroxyl groups is 1. The van der Waals surface area contributed by atoms with E-state index in [4.69, 9.17) is 0 Å². The van der Waals surface area contributed by atoms with E-state index in [0.29, 0.717) is 23.9 Å². The maximum absolute atomic E-state index is 13.3. The van der Waals surface area contributed by atoms with Crippen molar-refractivity contribution in [1.82, 2.24) is 15.6 Å². The number of aromatic nitrogens is 1. The van der Waals surface area contributed by atoms with E-state index in [1.54, 1.807) is 31.2 Å². The standard InChI is InChI=1S/C29H29N3O4/c1-19-25(31-23-15-9-8-14-22(23)26(19)33)28(35)32-24(18-21-12-6-3-7-13-21)27(34)29(36)30-17-16-20-10-4-2-5-11-20/h2-15,24,27,34H,16-18H2,1H3,(H,30,36)(H,31,33)(H,32,35). The summed E-state index contributed by atoms with van der Waals surface area (Å²) in [6.45, 7) is 1.93. The van der Waals surface area contributed by atoms with Crippen molar-refractivity contribution in [2.24, 2.45) is 0 Å². The molecule has 0 spiro atoms. The number of carbonyl (C=O) groups excluding carboxylic acids is 2. The van der Waals surface area contributed by atoms with Crippen LogP contribution in [-0.4, -0.2) is 40.6 Å². The summed E-state index contributed by atoms with van der Waals surface area (Å²) < 4.78 is 0. The molecule has 0 radical (unpaired) electrons. The lowest BCUT2D eigenvalue weighted by Crippen LogP contribution is -2.52. The van der Waals surface area contributed by atoms with Crippen LogP contribution in [0, 0.1) is 6.92 Å². The monoisotopic (exact) mass is 483 g/mol. The zero-order chi connectivity index (χ0) is 25.5. The van der Waals surface area contributed by atoms with Crippen molar-refractivity contribution in [3.05, 3.63) is 118 Å². The molecule has 2 unspecified atom stereocenters. The summed E-state index contributed by atoms with van der Waals surface area (Å²) in [6, 6.07) is 25.1. The first kappa shape index (κ1) is 24.9. The van der Waals surface area contributed by atoms with Gasteiger partial charge in [-0.25, -0.2) is 0 Å². The second kappa shape index (κ2) is 11.5. The van der Waals surface area contributed by atoms with Gasteiger partial charge in [-0.2, -0.15) is 0 Å². The van der Waals surface area contributed by atoms with Crippen LogP contribution in [0.15, 0.2) is 89.7 Å². The highest BCUT2D eigenvalue weighted by Crippen LogP contribution is 2.13. The number of rotatable bonds is 9. The summed E-state index contributed by atoms with van der Waals surface area (Å²) in [7, 11) is 0. The van der Waals surface area contributed by atoms with Gasteiger partial charge in [-0.1, -0.05) is 72.8 Å². The molecule has 7 heteroatoms. The van der Waals surface area contributed by atoms with E-state index in [1.165, 1.54) is 0 Å². The highest BCUT2D eigenvalue weighted by molar-refractivity contribution is 5.97. The van der Waals surface area contributed by atoms with Crippen LogP contribution in [0.4, 0.5) is 0 Å². The maximum atomic E-state index is 13.3. The predicted octanol–water partition coefficient (Wildman–Crippen LogP) is 2.90. The molecule has 0 fully saturated rings. The fourth-order valence-electron chi connectivity index (χ4n) is 4.17. The smallest absolute Gasteiger partial charge is 0.268 e. The van der Waals surface area contributed by atoms with Crippen LogP contribution < -0.4 is 16.1 Å². The summed E-state index contributed by atoms with van der Waals surface area (Å²) in [5.41, 5.74) is 2.59. The Hall–Kier alpha value is -4.23. The number of hydrogen-bond donors (Lipinski definition) is 4. The van der Waals surface area contributed by atoms with Gasteiger partial charge in [0.25, 0.3) is 11.8 Å². The second-order valence-electron chi connectivity index (χ2n) is 8.74. The number of aliphatic hydroxyl groups excluding tert-OH is 1. The first-order valence-corrected chi connectivity index (χ1v) is 11.9. The molecule has 0 aliphatic rings. The van der Waals surface area contributed by atoms with Gasteiger partial charge in [0.15, 0.2) is 11.5 Å². The SMILES string of the molecule is Cc1c(C(=O)NC(Cc2ccccc2)C(O)C(=O)NCCc2ccccc2)[nH]c2ccccc2c1=O. The first-order chi connectivity index (χ1) is 17.4. The van der Waals surface area contributed by atoms with Gasteiger partial charge in [-0.15, -0.1) is 0 Å². The molecule has 4 aromatic rings. The number of fused-ring (bicyclic) bond motifs is 1. The molecule has 4 N–H and O–H groups in total. The molecule has 7 nitrogen and oxygen atoms in total. The summed E-state index contributed by atoms with van der Waals surface area (Å²) in [6.07, 6.45) is -0.638. The third-order valence-electron chi connectivity index (χ3n) is 6.19. The van der Waals surface area contributed by atoms with Crippen molar-refractivity contribution in [2.45, 2.75) is 31.9 Å². The lowest BCUT2D eigenvalue weighted by Gasteiger charge is -2.24. The van der Waals surface area contributed by atoms with Crippen molar-refractivity contribution >= 4 is 22.7 Å². The molecule has 0 aliphatic heterocycles. The number of carbonyl (C=O) groups is 2.